The van der Waals surface area contributed by atoms with Crippen LogP contribution >= 0.6 is 0 Å². The van der Waals surface area contributed by atoms with Crippen LogP contribution in [-0.2, 0) is 16.6 Å². The first kappa shape index (κ1) is 22.9. The SMILES string of the molecule is CS(=O)(=O)NCc1cc(F)cc(-c2cccc3[nH]c(-c4n[nH]c5cnc(-c6cnccn6)cc45)nc23)c1. The maximum Gasteiger partial charge on any atom is 0.209 e. The molecule has 0 atom stereocenters. The van der Waals surface area contributed by atoms with Gasteiger partial charge in [-0.05, 0) is 41.5 Å². The number of hydrogen-bond acceptors (Lipinski definition) is 7. The molecular formula is C25H19FN8O2S. The Morgan fingerprint density at radius 2 is 1.89 bits per heavy atom. The molecule has 6 rings (SSSR count). The van der Waals surface area contributed by atoms with Gasteiger partial charge in [-0.25, -0.2) is 22.5 Å². The highest BCUT2D eigenvalue weighted by molar-refractivity contribution is 7.88. The van der Waals surface area contributed by atoms with E-state index in [-0.39, 0.29) is 6.54 Å². The van der Waals surface area contributed by atoms with Crippen molar-refractivity contribution in [3.63, 3.8) is 0 Å². The largest absolute Gasteiger partial charge is 0.337 e. The third kappa shape index (κ3) is 4.55. The smallest absolute Gasteiger partial charge is 0.209 e. The van der Waals surface area contributed by atoms with Crippen LogP contribution in [0.5, 0.6) is 0 Å². The maximum atomic E-state index is 14.5. The summed E-state index contributed by atoms with van der Waals surface area (Å²) in [4.78, 5) is 21.0. The van der Waals surface area contributed by atoms with E-state index in [1.807, 2.05) is 24.3 Å². The predicted molar refractivity (Wildman–Crippen MR) is 137 cm³/mol. The number of para-hydroxylation sites is 1. The van der Waals surface area contributed by atoms with Crippen LogP contribution in [-0.4, -0.2) is 49.8 Å². The van der Waals surface area contributed by atoms with Crippen LogP contribution in [0.3, 0.4) is 0 Å². The van der Waals surface area contributed by atoms with E-state index in [0.29, 0.717) is 45.1 Å². The quantitative estimate of drug-likeness (QED) is 0.307. The van der Waals surface area contributed by atoms with Crippen molar-refractivity contribution in [3.8, 4) is 34.0 Å². The Labute approximate surface area is 210 Å². The number of nitrogens with one attached hydrogen (secondary N) is 3. The van der Waals surface area contributed by atoms with Crippen molar-refractivity contribution in [2.45, 2.75) is 6.54 Å². The van der Waals surface area contributed by atoms with Crippen molar-refractivity contribution in [2.24, 2.45) is 0 Å². The number of nitrogens with zero attached hydrogens (tertiary/aromatic N) is 5. The number of halogens is 1. The number of benzene rings is 2. The second-order valence-electron chi connectivity index (χ2n) is 8.51. The zero-order chi connectivity index (χ0) is 25.6. The molecule has 0 amide bonds. The van der Waals surface area contributed by atoms with E-state index >= 15 is 0 Å². The number of H-pyrrole nitrogens is 2. The number of aromatic nitrogens is 7. The van der Waals surface area contributed by atoms with Gasteiger partial charge in [0.15, 0.2) is 5.82 Å². The van der Waals surface area contributed by atoms with Gasteiger partial charge in [0.2, 0.25) is 10.0 Å². The predicted octanol–water partition coefficient (Wildman–Crippen LogP) is 3.81. The van der Waals surface area contributed by atoms with Gasteiger partial charge in [0.1, 0.15) is 17.2 Å². The summed E-state index contributed by atoms with van der Waals surface area (Å²) in [6, 6.07) is 11.9. The second-order valence-corrected chi connectivity index (χ2v) is 10.3. The molecule has 0 aliphatic heterocycles. The number of imidazole rings is 1. The minimum absolute atomic E-state index is 0.0210. The van der Waals surface area contributed by atoms with Crippen LogP contribution in [0.25, 0.3) is 56.0 Å². The Balaban J connectivity index is 1.44. The molecule has 0 aliphatic carbocycles. The summed E-state index contributed by atoms with van der Waals surface area (Å²) in [7, 11) is -3.42. The highest BCUT2D eigenvalue weighted by Crippen LogP contribution is 2.33. The molecule has 0 unspecified atom stereocenters. The van der Waals surface area contributed by atoms with Gasteiger partial charge in [0, 0.05) is 29.9 Å². The van der Waals surface area contributed by atoms with Gasteiger partial charge >= 0.3 is 0 Å². The first-order valence-corrected chi connectivity index (χ1v) is 13.1. The summed E-state index contributed by atoms with van der Waals surface area (Å²) in [5.41, 5.74) is 5.76. The van der Waals surface area contributed by atoms with Gasteiger partial charge in [-0.2, -0.15) is 5.10 Å². The van der Waals surface area contributed by atoms with Crippen LogP contribution in [0.1, 0.15) is 5.56 Å². The highest BCUT2D eigenvalue weighted by atomic mass is 32.2. The van der Waals surface area contributed by atoms with E-state index in [0.717, 1.165) is 22.7 Å². The average Bonchev–Trinajstić information content (AvgIpc) is 3.51. The monoisotopic (exact) mass is 514 g/mol. The van der Waals surface area contributed by atoms with E-state index in [2.05, 4.69) is 34.9 Å². The highest BCUT2D eigenvalue weighted by Gasteiger charge is 2.17. The molecule has 12 heteroatoms. The molecule has 0 radical (unpaired) electrons. The van der Waals surface area contributed by atoms with Crippen LogP contribution in [0.2, 0.25) is 0 Å². The standard InChI is InChI=1S/C25H19FN8O2S/c1-37(35,36)30-11-14-7-15(9-16(26)8-14)17-3-2-4-19-23(17)32-25(31-19)24-18-10-20(22-12-27-5-6-28-22)29-13-21(18)33-34-24/h2-10,12-13,30H,11H2,1H3,(H,31,32)(H,33,34). The summed E-state index contributed by atoms with van der Waals surface area (Å²) < 4.78 is 39.9. The van der Waals surface area contributed by atoms with Crippen LogP contribution < -0.4 is 4.72 Å². The number of pyridine rings is 1. The fraction of sp³-hybridized carbons (Fsp3) is 0.0800. The van der Waals surface area contributed by atoms with Crippen LogP contribution in [0.4, 0.5) is 4.39 Å². The molecular weight excluding hydrogens is 495 g/mol. The van der Waals surface area contributed by atoms with E-state index < -0.39 is 15.8 Å². The molecule has 0 saturated carbocycles. The lowest BCUT2D eigenvalue weighted by atomic mass is 10.0. The summed E-state index contributed by atoms with van der Waals surface area (Å²) in [6.45, 7) is -0.0210. The van der Waals surface area contributed by atoms with Gasteiger partial charge in [-0.3, -0.25) is 20.1 Å². The molecule has 0 spiro atoms. The first-order valence-electron chi connectivity index (χ1n) is 11.2. The third-order valence-electron chi connectivity index (χ3n) is 5.82. The Morgan fingerprint density at radius 1 is 1.00 bits per heavy atom. The van der Waals surface area contributed by atoms with Crippen molar-refractivity contribution in [3.05, 3.63) is 78.6 Å². The summed E-state index contributed by atoms with van der Waals surface area (Å²) >= 11 is 0. The van der Waals surface area contributed by atoms with E-state index in [9.17, 15) is 12.8 Å². The molecule has 0 bridgehead atoms. The van der Waals surface area contributed by atoms with Crippen molar-refractivity contribution in [2.75, 3.05) is 6.26 Å². The summed E-state index contributed by atoms with van der Waals surface area (Å²) in [5, 5.41) is 8.24. The Morgan fingerprint density at radius 3 is 2.70 bits per heavy atom. The number of aromatic amines is 2. The number of fused-ring (bicyclic) bond motifs is 2. The van der Waals surface area contributed by atoms with Crippen molar-refractivity contribution in [1.82, 2.24) is 39.8 Å². The van der Waals surface area contributed by atoms with Crippen molar-refractivity contribution in [1.29, 1.82) is 0 Å². The zero-order valence-electron chi connectivity index (χ0n) is 19.4. The average molecular weight is 515 g/mol. The molecule has 2 aromatic carbocycles. The maximum absolute atomic E-state index is 14.5. The fourth-order valence-electron chi connectivity index (χ4n) is 4.17. The molecule has 0 fully saturated rings. The molecule has 4 aromatic heterocycles. The molecule has 3 N–H and O–H groups in total. The van der Waals surface area contributed by atoms with Crippen LogP contribution in [0.15, 0.2) is 67.3 Å². The van der Waals surface area contributed by atoms with Crippen LogP contribution in [0, 0.1) is 5.82 Å². The van der Waals surface area contributed by atoms with E-state index in [1.165, 1.54) is 12.1 Å². The van der Waals surface area contributed by atoms with Gasteiger partial charge in [0.05, 0.1) is 40.9 Å². The molecule has 0 aliphatic rings. The molecule has 10 nitrogen and oxygen atoms in total. The Bertz CT molecular complexity index is 1880. The molecule has 0 saturated heterocycles. The normalized spacial score (nSPS) is 11.9. The van der Waals surface area contributed by atoms with E-state index in [1.54, 1.807) is 30.9 Å². The minimum atomic E-state index is -3.42. The van der Waals surface area contributed by atoms with Crippen molar-refractivity contribution >= 4 is 32.0 Å². The molecule has 4 heterocycles. The lowest BCUT2D eigenvalue weighted by Gasteiger charge is -2.08. The summed E-state index contributed by atoms with van der Waals surface area (Å²) in [6.07, 6.45) is 7.58. The lowest BCUT2D eigenvalue weighted by Crippen LogP contribution is -2.21. The summed E-state index contributed by atoms with van der Waals surface area (Å²) in [5.74, 6) is 0.0539. The lowest BCUT2D eigenvalue weighted by molar-refractivity contribution is 0.586. The molecule has 6 aromatic rings. The van der Waals surface area contributed by atoms with Gasteiger partial charge < -0.3 is 4.98 Å². The van der Waals surface area contributed by atoms with Gasteiger partial charge in [-0.1, -0.05) is 12.1 Å². The van der Waals surface area contributed by atoms with E-state index in [4.69, 9.17) is 4.98 Å². The van der Waals surface area contributed by atoms with Gasteiger partial charge in [0.25, 0.3) is 0 Å². The first-order chi connectivity index (χ1) is 17.8. The van der Waals surface area contributed by atoms with Crippen molar-refractivity contribution < 1.29 is 12.8 Å². The third-order valence-corrected chi connectivity index (χ3v) is 6.49. The number of sulfonamides is 1. The number of hydrogen-bond donors (Lipinski definition) is 3. The zero-order valence-corrected chi connectivity index (χ0v) is 20.2. The Hall–Kier alpha value is -4.55. The molecule has 37 heavy (non-hydrogen) atoms. The van der Waals surface area contributed by atoms with Gasteiger partial charge in [-0.15, -0.1) is 0 Å². The topological polar surface area (TPSA) is 142 Å². The Kier molecular flexibility index (Phi) is 5.46. The minimum Gasteiger partial charge on any atom is -0.337 e. The fourth-order valence-corrected chi connectivity index (χ4v) is 4.60. The number of rotatable bonds is 6. The molecule has 184 valence electrons. The second kappa shape index (κ2) is 8.84.